The summed E-state index contributed by atoms with van der Waals surface area (Å²) in [5.74, 6) is 1.33. The average Bonchev–Trinajstić information content (AvgIpc) is 2.46. The summed E-state index contributed by atoms with van der Waals surface area (Å²) >= 11 is 0. The quantitative estimate of drug-likeness (QED) is 0.857. The molecule has 2 N–H and O–H groups in total. The van der Waals surface area contributed by atoms with E-state index in [-0.39, 0.29) is 0 Å². The summed E-state index contributed by atoms with van der Waals surface area (Å²) in [4.78, 5) is 8.49. The summed E-state index contributed by atoms with van der Waals surface area (Å²) in [5, 5.41) is 15.0. The molecule has 0 spiro atoms. The Kier molecular flexibility index (Phi) is 4.29. The van der Waals surface area contributed by atoms with E-state index in [0.29, 0.717) is 11.5 Å². The number of aromatic nitrogens is 2. The number of anilines is 3. The summed E-state index contributed by atoms with van der Waals surface area (Å²) in [5.41, 5.74) is 1.53. The molecule has 5 heteroatoms. The molecular weight excluding hydrogens is 238 g/mol. The number of nitrogens with one attached hydrogen (secondary N) is 2. The summed E-state index contributed by atoms with van der Waals surface area (Å²) in [6.07, 6.45) is 2.73. The molecule has 2 aromatic rings. The Bertz CT molecular complexity index is 571. The summed E-state index contributed by atoms with van der Waals surface area (Å²) in [6, 6.07) is 11.1. The third kappa shape index (κ3) is 3.68. The van der Waals surface area contributed by atoms with Gasteiger partial charge in [0.1, 0.15) is 5.82 Å². The minimum Gasteiger partial charge on any atom is -0.354 e. The van der Waals surface area contributed by atoms with Crippen molar-refractivity contribution < 1.29 is 0 Å². The van der Waals surface area contributed by atoms with Crippen molar-refractivity contribution in [2.45, 2.75) is 13.3 Å². The van der Waals surface area contributed by atoms with E-state index < -0.39 is 0 Å². The summed E-state index contributed by atoms with van der Waals surface area (Å²) in [6.45, 7) is 2.94. The second-order valence-corrected chi connectivity index (χ2v) is 4.01. The van der Waals surface area contributed by atoms with Gasteiger partial charge in [-0.2, -0.15) is 10.2 Å². The fourth-order valence-corrected chi connectivity index (χ4v) is 1.53. The molecule has 0 fully saturated rings. The lowest BCUT2D eigenvalue weighted by Gasteiger charge is -2.07. The average molecular weight is 253 g/mol. The maximum atomic E-state index is 8.74. The van der Waals surface area contributed by atoms with E-state index in [0.717, 1.165) is 24.5 Å². The van der Waals surface area contributed by atoms with Crippen molar-refractivity contribution in [1.82, 2.24) is 9.97 Å². The van der Waals surface area contributed by atoms with Crippen LogP contribution >= 0.6 is 0 Å². The molecule has 1 aromatic heterocycles. The lowest BCUT2D eigenvalue weighted by Crippen LogP contribution is -2.05. The van der Waals surface area contributed by atoms with Gasteiger partial charge in [0.25, 0.3) is 0 Å². The highest BCUT2D eigenvalue weighted by atomic mass is 15.1. The molecule has 1 aromatic carbocycles. The fourth-order valence-electron chi connectivity index (χ4n) is 1.53. The molecule has 0 unspecified atom stereocenters. The summed E-state index contributed by atoms with van der Waals surface area (Å²) in [7, 11) is 0. The molecule has 0 radical (unpaired) electrons. The lowest BCUT2D eigenvalue weighted by atomic mass is 10.2. The van der Waals surface area contributed by atoms with E-state index in [1.165, 1.54) is 0 Å². The molecule has 0 aliphatic heterocycles. The van der Waals surface area contributed by atoms with Gasteiger partial charge in [0.15, 0.2) is 0 Å². The van der Waals surface area contributed by atoms with Crippen molar-refractivity contribution in [3.63, 3.8) is 0 Å². The van der Waals surface area contributed by atoms with E-state index in [9.17, 15) is 0 Å². The number of benzene rings is 1. The Morgan fingerprint density at radius 1 is 1.21 bits per heavy atom. The van der Waals surface area contributed by atoms with Gasteiger partial charge in [-0.15, -0.1) is 0 Å². The molecule has 2 rings (SSSR count). The molecule has 0 bridgehead atoms. The van der Waals surface area contributed by atoms with Crippen LogP contribution < -0.4 is 10.6 Å². The minimum absolute atomic E-state index is 0.612. The van der Waals surface area contributed by atoms with E-state index in [2.05, 4.69) is 33.6 Å². The van der Waals surface area contributed by atoms with E-state index in [1.807, 2.05) is 12.1 Å². The van der Waals surface area contributed by atoms with Crippen LogP contribution in [0.1, 0.15) is 18.9 Å². The normalized spacial score (nSPS) is 9.68. The molecule has 0 aliphatic carbocycles. The van der Waals surface area contributed by atoms with Gasteiger partial charge in [0.05, 0.1) is 11.6 Å². The van der Waals surface area contributed by atoms with Gasteiger partial charge < -0.3 is 10.6 Å². The maximum absolute atomic E-state index is 8.74. The molecule has 0 amide bonds. The molecule has 96 valence electrons. The van der Waals surface area contributed by atoms with Crippen molar-refractivity contribution >= 4 is 17.5 Å². The van der Waals surface area contributed by atoms with Gasteiger partial charge in [0, 0.05) is 18.4 Å². The van der Waals surface area contributed by atoms with Gasteiger partial charge >= 0.3 is 0 Å². The zero-order valence-electron chi connectivity index (χ0n) is 10.7. The Labute approximate surface area is 112 Å². The predicted molar refractivity (Wildman–Crippen MR) is 75.3 cm³/mol. The van der Waals surface area contributed by atoms with Gasteiger partial charge in [0.2, 0.25) is 5.95 Å². The second-order valence-electron chi connectivity index (χ2n) is 4.01. The first-order valence-corrected chi connectivity index (χ1v) is 6.16. The van der Waals surface area contributed by atoms with Crippen LogP contribution in [0, 0.1) is 11.3 Å². The van der Waals surface area contributed by atoms with E-state index >= 15 is 0 Å². The van der Waals surface area contributed by atoms with Crippen LogP contribution in [0.2, 0.25) is 0 Å². The molecular formula is C14H15N5. The fraction of sp³-hybridized carbons (Fsp3) is 0.214. The first-order valence-electron chi connectivity index (χ1n) is 6.16. The van der Waals surface area contributed by atoms with Gasteiger partial charge in [-0.1, -0.05) is 6.92 Å². The number of hydrogen-bond donors (Lipinski definition) is 2. The Morgan fingerprint density at radius 2 is 2.00 bits per heavy atom. The molecule has 0 saturated carbocycles. The highest BCUT2D eigenvalue weighted by molar-refractivity contribution is 5.57. The smallest absolute Gasteiger partial charge is 0.224 e. The standard InChI is InChI=1S/C14H15N5/c1-2-8-16-14-17-9-7-13(19-14)18-12-5-3-11(10-15)4-6-12/h3-7,9H,2,8H2,1H3,(H2,16,17,18,19). The van der Waals surface area contributed by atoms with Gasteiger partial charge in [-0.25, -0.2) is 4.98 Å². The first kappa shape index (κ1) is 12.8. The molecule has 0 aliphatic rings. The first-order chi connectivity index (χ1) is 9.31. The molecule has 0 saturated heterocycles. The highest BCUT2D eigenvalue weighted by Gasteiger charge is 1.99. The van der Waals surface area contributed by atoms with Crippen molar-refractivity contribution in [3.05, 3.63) is 42.1 Å². The number of nitriles is 1. The second kappa shape index (κ2) is 6.36. The number of hydrogen-bond acceptors (Lipinski definition) is 5. The van der Waals surface area contributed by atoms with Crippen molar-refractivity contribution in [2.75, 3.05) is 17.2 Å². The lowest BCUT2D eigenvalue weighted by molar-refractivity contribution is 0.953. The number of rotatable bonds is 5. The van der Waals surface area contributed by atoms with Crippen LogP contribution in [-0.2, 0) is 0 Å². The van der Waals surface area contributed by atoms with Crippen molar-refractivity contribution in [1.29, 1.82) is 5.26 Å². The molecule has 1 heterocycles. The van der Waals surface area contributed by atoms with Crippen LogP contribution in [0.25, 0.3) is 0 Å². The zero-order chi connectivity index (χ0) is 13.5. The molecule has 0 atom stereocenters. The topological polar surface area (TPSA) is 73.6 Å². The Hall–Kier alpha value is -2.61. The van der Waals surface area contributed by atoms with Crippen LogP contribution in [0.15, 0.2) is 36.5 Å². The van der Waals surface area contributed by atoms with E-state index in [4.69, 9.17) is 5.26 Å². The Morgan fingerprint density at radius 3 is 2.68 bits per heavy atom. The van der Waals surface area contributed by atoms with Crippen LogP contribution in [-0.4, -0.2) is 16.5 Å². The number of nitrogens with zero attached hydrogens (tertiary/aromatic N) is 3. The third-order valence-electron chi connectivity index (χ3n) is 2.48. The van der Waals surface area contributed by atoms with Crippen LogP contribution in [0.3, 0.4) is 0 Å². The summed E-state index contributed by atoms with van der Waals surface area (Å²) < 4.78 is 0. The Balaban J connectivity index is 2.07. The molecule has 19 heavy (non-hydrogen) atoms. The highest BCUT2D eigenvalue weighted by Crippen LogP contribution is 2.15. The van der Waals surface area contributed by atoms with Crippen molar-refractivity contribution in [3.8, 4) is 6.07 Å². The largest absolute Gasteiger partial charge is 0.354 e. The van der Waals surface area contributed by atoms with E-state index in [1.54, 1.807) is 24.4 Å². The van der Waals surface area contributed by atoms with Crippen molar-refractivity contribution in [2.24, 2.45) is 0 Å². The SMILES string of the molecule is CCCNc1nccc(Nc2ccc(C#N)cc2)n1. The van der Waals surface area contributed by atoms with Gasteiger partial charge in [-0.05, 0) is 36.8 Å². The maximum Gasteiger partial charge on any atom is 0.224 e. The minimum atomic E-state index is 0.612. The van der Waals surface area contributed by atoms with Crippen LogP contribution in [0.5, 0.6) is 0 Å². The monoisotopic (exact) mass is 253 g/mol. The third-order valence-corrected chi connectivity index (χ3v) is 2.48. The molecule has 5 nitrogen and oxygen atoms in total. The predicted octanol–water partition coefficient (Wildman–Crippen LogP) is 2.91. The van der Waals surface area contributed by atoms with Gasteiger partial charge in [-0.3, -0.25) is 0 Å². The van der Waals surface area contributed by atoms with Crippen LogP contribution in [0.4, 0.5) is 17.5 Å². The zero-order valence-corrected chi connectivity index (χ0v) is 10.7.